The van der Waals surface area contributed by atoms with Crippen molar-refractivity contribution in [1.82, 2.24) is 4.57 Å². The van der Waals surface area contributed by atoms with Crippen LogP contribution in [0.2, 0.25) is 10.2 Å². The molecule has 0 unspecified atom stereocenters. The second-order valence-electron chi connectivity index (χ2n) is 4.22. The largest absolute Gasteiger partial charge is 0.508 e. The average molecular weight is 329 g/mol. The smallest absolute Gasteiger partial charge is 0.337 e. The third kappa shape index (κ3) is 2.96. The molecule has 0 spiro atoms. The van der Waals surface area contributed by atoms with E-state index in [2.05, 4.69) is 5.32 Å². The number of carboxylic acids is 1. The Bertz CT molecular complexity index is 740. The van der Waals surface area contributed by atoms with Crippen LogP contribution in [0, 0.1) is 0 Å². The molecule has 3 N–H and O–H groups in total. The zero-order chi connectivity index (χ0) is 15.7. The number of carbonyl (C=O) groups excluding carboxylic acids is 1. The molecule has 110 valence electrons. The van der Waals surface area contributed by atoms with Crippen LogP contribution in [0.15, 0.2) is 24.3 Å². The molecular formula is C13H10Cl2N2O4. The Morgan fingerprint density at radius 3 is 2.43 bits per heavy atom. The van der Waals surface area contributed by atoms with Gasteiger partial charge in [-0.1, -0.05) is 23.2 Å². The first-order valence-electron chi connectivity index (χ1n) is 5.69. The highest BCUT2D eigenvalue weighted by Crippen LogP contribution is 2.27. The number of halogens is 2. The van der Waals surface area contributed by atoms with E-state index in [9.17, 15) is 14.7 Å². The zero-order valence-electron chi connectivity index (χ0n) is 10.7. The molecule has 0 aliphatic rings. The van der Waals surface area contributed by atoms with Gasteiger partial charge in [-0.05, 0) is 24.3 Å². The van der Waals surface area contributed by atoms with Gasteiger partial charge in [-0.15, -0.1) is 0 Å². The number of hydrogen-bond donors (Lipinski definition) is 3. The van der Waals surface area contributed by atoms with Crippen LogP contribution in [-0.2, 0) is 7.05 Å². The van der Waals surface area contributed by atoms with E-state index in [1.54, 1.807) is 7.05 Å². The molecule has 6 nitrogen and oxygen atoms in total. The minimum Gasteiger partial charge on any atom is -0.508 e. The van der Waals surface area contributed by atoms with Crippen LogP contribution in [0.1, 0.15) is 20.8 Å². The van der Waals surface area contributed by atoms with E-state index in [-0.39, 0.29) is 32.9 Å². The number of nitrogens with one attached hydrogen (secondary N) is 1. The topological polar surface area (TPSA) is 91.6 Å². The lowest BCUT2D eigenvalue weighted by molar-refractivity contribution is 0.0697. The van der Waals surface area contributed by atoms with Crippen molar-refractivity contribution in [3.05, 3.63) is 45.7 Å². The molecule has 2 rings (SSSR count). The molecule has 1 aromatic heterocycles. The van der Waals surface area contributed by atoms with Crippen LogP contribution in [0.5, 0.6) is 5.75 Å². The number of phenolic OH excluding ortho intramolecular Hbond substituents is 1. The van der Waals surface area contributed by atoms with E-state index in [1.807, 2.05) is 0 Å². The summed E-state index contributed by atoms with van der Waals surface area (Å²) >= 11 is 11.7. The summed E-state index contributed by atoms with van der Waals surface area (Å²) in [6.07, 6.45) is 0. The number of nitrogens with zero attached hydrogens (tertiary/aromatic N) is 1. The van der Waals surface area contributed by atoms with Crippen molar-refractivity contribution in [2.75, 3.05) is 5.32 Å². The predicted octanol–water partition coefficient (Wildman–Crippen LogP) is 2.99. The molecule has 8 heteroatoms. The van der Waals surface area contributed by atoms with Crippen molar-refractivity contribution in [2.45, 2.75) is 0 Å². The monoisotopic (exact) mass is 328 g/mol. The number of phenols is 1. The number of rotatable bonds is 3. The van der Waals surface area contributed by atoms with Crippen LogP contribution in [-0.4, -0.2) is 26.7 Å². The Labute approximate surface area is 129 Å². The van der Waals surface area contributed by atoms with Gasteiger partial charge < -0.3 is 20.1 Å². The maximum Gasteiger partial charge on any atom is 0.337 e. The Morgan fingerprint density at radius 2 is 1.90 bits per heavy atom. The van der Waals surface area contributed by atoms with E-state index < -0.39 is 11.9 Å². The number of carboxylic acid groups (broad SMARTS) is 1. The van der Waals surface area contributed by atoms with E-state index in [1.165, 1.54) is 22.8 Å². The summed E-state index contributed by atoms with van der Waals surface area (Å²) in [6, 6.07) is 4.98. The van der Waals surface area contributed by atoms with Crippen LogP contribution >= 0.6 is 23.2 Å². The maximum absolute atomic E-state index is 12.2. The molecule has 0 radical (unpaired) electrons. The Hall–Kier alpha value is -2.18. The highest BCUT2D eigenvalue weighted by atomic mass is 35.5. The Morgan fingerprint density at radius 1 is 1.24 bits per heavy atom. The molecule has 0 aliphatic carbocycles. The normalized spacial score (nSPS) is 10.4. The van der Waals surface area contributed by atoms with E-state index >= 15 is 0 Å². The Kier molecular flexibility index (Phi) is 4.11. The lowest BCUT2D eigenvalue weighted by atomic mass is 10.1. The van der Waals surface area contributed by atoms with Gasteiger partial charge in [-0.25, -0.2) is 4.79 Å². The van der Waals surface area contributed by atoms with E-state index in [0.717, 1.165) is 6.07 Å². The summed E-state index contributed by atoms with van der Waals surface area (Å²) in [7, 11) is 1.55. The van der Waals surface area contributed by atoms with Gasteiger partial charge in [0.1, 0.15) is 16.6 Å². The van der Waals surface area contributed by atoms with Crippen LogP contribution in [0.4, 0.5) is 5.69 Å². The molecule has 1 aromatic carbocycles. The minimum atomic E-state index is -1.27. The number of aromatic hydroxyl groups is 1. The number of anilines is 1. The van der Waals surface area contributed by atoms with Crippen LogP contribution in [0.3, 0.4) is 0 Å². The third-order valence-corrected chi connectivity index (χ3v) is 3.67. The quantitative estimate of drug-likeness (QED) is 0.755. The van der Waals surface area contributed by atoms with Crippen LogP contribution < -0.4 is 5.32 Å². The number of carbonyl (C=O) groups is 2. The second kappa shape index (κ2) is 5.67. The maximum atomic E-state index is 12.2. The van der Waals surface area contributed by atoms with Gasteiger partial charge >= 0.3 is 5.97 Å². The highest BCUT2D eigenvalue weighted by Gasteiger charge is 2.18. The number of benzene rings is 1. The average Bonchev–Trinajstić information content (AvgIpc) is 2.68. The Balaban J connectivity index is 2.36. The fraction of sp³-hybridized carbons (Fsp3) is 0.0769. The number of amides is 1. The van der Waals surface area contributed by atoms with Gasteiger partial charge in [-0.2, -0.15) is 0 Å². The standard InChI is InChI=1S/C13H10Cl2N2O4/c1-17-10(5-8(14)11(17)15)12(19)16-9-3-2-6(18)4-7(9)13(20)21/h2-5,18H,1H3,(H,16,19)(H,20,21). The van der Waals surface area contributed by atoms with Crippen molar-refractivity contribution in [1.29, 1.82) is 0 Å². The first kappa shape index (κ1) is 15.2. The first-order chi connectivity index (χ1) is 9.81. The summed E-state index contributed by atoms with van der Waals surface area (Å²) in [5.41, 5.74) is 0.00270. The molecule has 0 atom stereocenters. The third-order valence-electron chi connectivity index (χ3n) is 2.83. The fourth-order valence-corrected chi connectivity index (χ4v) is 2.14. The second-order valence-corrected chi connectivity index (χ2v) is 4.98. The van der Waals surface area contributed by atoms with Crippen molar-refractivity contribution in [2.24, 2.45) is 7.05 Å². The molecule has 1 heterocycles. The van der Waals surface area contributed by atoms with Crippen molar-refractivity contribution in [3.63, 3.8) is 0 Å². The summed E-state index contributed by atoms with van der Waals surface area (Å²) in [5.74, 6) is -2.06. The lowest BCUT2D eigenvalue weighted by Crippen LogP contribution is -2.17. The molecule has 0 saturated heterocycles. The van der Waals surface area contributed by atoms with Gasteiger partial charge in [0.05, 0.1) is 16.3 Å². The van der Waals surface area contributed by atoms with Crippen molar-refractivity contribution < 1.29 is 19.8 Å². The number of aromatic carboxylic acids is 1. The van der Waals surface area contributed by atoms with Crippen LogP contribution in [0.25, 0.3) is 0 Å². The lowest BCUT2D eigenvalue weighted by Gasteiger charge is -2.09. The number of aromatic nitrogens is 1. The molecule has 0 fully saturated rings. The van der Waals surface area contributed by atoms with Gasteiger partial charge in [0.25, 0.3) is 5.91 Å². The van der Waals surface area contributed by atoms with Gasteiger partial charge in [0.2, 0.25) is 0 Å². The molecular weight excluding hydrogens is 319 g/mol. The minimum absolute atomic E-state index is 0.0544. The van der Waals surface area contributed by atoms with Gasteiger partial charge in [0, 0.05) is 7.05 Å². The SMILES string of the molecule is Cn1c(C(=O)Nc2ccc(O)cc2C(=O)O)cc(Cl)c1Cl. The van der Waals surface area contributed by atoms with E-state index in [4.69, 9.17) is 28.3 Å². The predicted molar refractivity (Wildman–Crippen MR) is 78.5 cm³/mol. The van der Waals surface area contributed by atoms with Crippen molar-refractivity contribution >= 4 is 40.8 Å². The molecule has 0 aliphatic heterocycles. The molecule has 0 saturated carbocycles. The molecule has 1 amide bonds. The van der Waals surface area contributed by atoms with Gasteiger partial charge in [-0.3, -0.25) is 4.79 Å². The molecule has 2 aromatic rings. The zero-order valence-corrected chi connectivity index (χ0v) is 12.2. The summed E-state index contributed by atoms with van der Waals surface area (Å²) in [4.78, 5) is 23.3. The highest BCUT2D eigenvalue weighted by molar-refractivity contribution is 6.42. The fourth-order valence-electron chi connectivity index (χ4n) is 1.76. The summed E-state index contributed by atoms with van der Waals surface area (Å²) in [5, 5.41) is 21.2. The summed E-state index contributed by atoms with van der Waals surface area (Å²) in [6.45, 7) is 0. The van der Waals surface area contributed by atoms with Crippen molar-refractivity contribution in [3.8, 4) is 5.75 Å². The van der Waals surface area contributed by atoms with Gasteiger partial charge in [0.15, 0.2) is 0 Å². The summed E-state index contributed by atoms with van der Waals surface area (Å²) < 4.78 is 1.38. The molecule has 21 heavy (non-hydrogen) atoms. The van der Waals surface area contributed by atoms with E-state index in [0.29, 0.717) is 0 Å². The molecule has 0 bridgehead atoms. The first-order valence-corrected chi connectivity index (χ1v) is 6.45. The number of hydrogen-bond acceptors (Lipinski definition) is 3.